The molecule has 130 valence electrons. The van der Waals surface area contributed by atoms with Crippen molar-refractivity contribution in [1.29, 1.82) is 0 Å². The van der Waals surface area contributed by atoms with E-state index in [9.17, 15) is 0 Å². The van der Waals surface area contributed by atoms with Gasteiger partial charge in [-0.2, -0.15) is 0 Å². The zero-order chi connectivity index (χ0) is 15.9. The molecule has 0 spiro atoms. The molecule has 2 heterocycles. The number of rotatable bonds is 7. The van der Waals surface area contributed by atoms with Gasteiger partial charge in [0.2, 0.25) is 0 Å². The molecule has 2 aliphatic heterocycles. The highest BCUT2D eigenvalue weighted by atomic mass is 15.1. The van der Waals surface area contributed by atoms with Crippen molar-refractivity contribution in [2.24, 2.45) is 17.8 Å². The summed E-state index contributed by atoms with van der Waals surface area (Å²) in [4.78, 5) is 5.38. The average molecular weight is 309 g/mol. The van der Waals surface area contributed by atoms with Gasteiger partial charge in [-0.1, -0.05) is 13.8 Å². The lowest BCUT2D eigenvalue weighted by Crippen LogP contribution is -2.38. The Labute approximate surface area is 139 Å². The fourth-order valence-corrected chi connectivity index (χ4v) is 4.47. The van der Waals surface area contributed by atoms with Crippen LogP contribution in [-0.2, 0) is 0 Å². The van der Waals surface area contributed by atoms with Gasteiger partial charge in [0.25, 0.3) is 0 Å². The molecule has 0 amide bonds. The van der Waals surface area contributed by atoms with Gasteiger partial charge in [0.15, 0.2) is 0 Å². The number of nitrogens with zero attached hydrogens (tertiary/aromatic N) is 2. The van der Waals surface area contributed by atoms with Gasteiger partial charge in [0.05, 0.1) is 0 Å². The molecule has 2 heteroatoms. The molecule has 0 bridgehead atoms. The van der Waals surface area contributed by atoms with Crippen LogP contribution in [0.15, 0.2) is 0 Å². The number of likely N-dealkylation sites (tertiary alicyclic amines) is 2. The van der Waals surface area contributed by atoms with Crippen LogP contribution >= 0.6 is 0 Å². The Morgan fingerprint density at radius 1 is 0.818 bits per heavy atom. The molecule has 2 nitrogen and oxygen atoms in total. The maximum absolute atomic E-state index is 2.74. The van der Waals surface area contributed by atoms with E-state index in [1.807, 2.05) is 0 Å². The van der Waals surface area contributed by atoms with Crippen molar-refractivity contribution >= 4 is 0 Å². The molecule has 0 radical (unpaired) electrons. The maximum Gasteiger partial charge on any atom is 0.00385 e. The second-order valence-electron chi connectivity index (χ2n) is 8.63. The van der Waals surface area contributed by atoms with E-state index >= 15 is 0 Å². The van der Waals surface area contributed by atoms with Crippen LogP contribution in [0.4, 0.5) is 0 Å². The van der Waals surface area contributed by atoms with E-state index in [0.717, 1.165) is 23.8 Å². The highest BCUT2D eigenvalue weighted by Crippen LogP contribution is 2.26. The summed E-state index contributed by atoms with van der Waals surface area (Å²) in [5.74, 6) is 2.90. The molecule has 0 atom stereocenters. The lowest BCUT2D eigenvalue weighted by Gasteiger charge is -2.35. The van der Waals surface area contributed by atoms with Crippen molar-refractivity contribution in [3.63, 3.8) is 0 Å². The van der Waals surface area contributed by atoms with Crippen molar-refractivity contribution in [3.05, 3.63) is 0 Å². The van der Waals surface area contributed by atoms with Gasteiger partial charge in [-0.05, 0) is 109 Å². The first-order chi connectivity index (χ1) is 10.5. The van der Waals surface area contributed by atoms with Crippen LogP contribution in [0.3, 0.4) is 0 Å². The summed E-state index contributed by atoms with van der Waals surface area (Å²) in [6.45, 7) is 16.2. The largest absolute Gasteiger partial charge is 0.303 e. The van der Waals surface area contributed by atoms with Gasteiger partial charge >= 0.3 is 0 Å². The fourth-order valence-electron chi connectivity index (χ4n) is 4.47. The second-order valence-corrected chi connectivity index (χ2v) is 8.63. The van der Waals surface area contributed by atoms with Crippen LogP contribution in [0, 0.1) is 17.8 Å². The third kappa shape index (κ3) is 6.20. The van der Waals surface area contributed by atoms with Gasteiger partial charge in [0, 0.05) is 6.04 Å². The standard InChI is InChI=1S/C20H40N2/c1-17(2)16-20-7-12-21(13-8-20)11-5-6-19-9-14-22(15-10-19)18(3)4/h17-20H,5-16H2,1-4H3. The molecule has 2 rings (SSSR count). The van der Waals surface area contributed by atoms with Crippen LogP contribution < -0.4 is 0 Å². The Balaban J connectivity index is 1.53. The molecular formula is C20H40N2. The van der Waals surface area contributed by atoms with Crippen molar-refractivity contribution in [3.8, 4) is 0 Å². The van der Waals surface area contributed by atoms with Crippen molar-refractivity contribution in [2.75, 3.05) is 32.7 Å². The maximum atomic E-state index is 2.74. The average Bonchev–Trinajstić information content (AvgIpc) is 2.49. The normalized spacial score (nSPS) is 23.7. The minimum Gasteiger partial charge on any atom is -0.303 e. The Bertz CT molecular complexity index is 284. The van der Waals surface area contributed by atoms with Crippen LogP contribution in [0.5, 0.6) is 0 Å². The number of hydrogen-bond acceptors (Lipinski definition) is 2. The quantitative estimate of drug-likeness (QED) is 0.676. The third-order valence-corrected chi connectivity index (χ3v) is 5.98. The molecule has 0 N–H and O–H groups in total. The smallest absolute Gasteiger partial charge is 0.00385 e. The predicted molar refractivity (Wildman–Crippen MR) is 97.3 cm³/mol. The molecule has 0 aromatic rings. The monoisotopic (exact) mass is 308 g/mol. The first-order valence-electron chi connectivity index (χ1n) is 10.0. The van der Waals surface area contributed by atoms with Crippen molar-refractivity contribution < 1.29 is 0 Å². The molecule has 2 fully saturated rings. The van der Waals surface area contributed by atoms with E-state index in [2.05, 4.69) is 37.5 Å². The molecule has 0 aliphatic carbocycles. The molecule has 0 saturated carbocycles. The second kappa shape index (κ2) is 9.27. The van der Waals surface area contributed by atoms with Crippen molar-refractivity contribution in [1.82, 2.24) is 9.80 Å². The first kappa shape index (κ1) is 18.3. The Hall–Kier alpha value is -0.0800. The minimum atomic E-state index is 0.744. The highest BCUT2D eigenvalue weighted by Gasteiger charge is 2.22. The van der Waals surface area contributed by atoms with E-state index in [1.54, 1.807) is 0 Å². The molecule has 2 saturated heterocycles. The molecule has 22 heavy (non-hydrogen) atoms. The van der Waals surface area contributed by atoms with E-state index in [4.69, 9.17) is 0 Å². The van der Waals surface area contributed by atoms with Crippen LogP contribution in [0.1, 0.15) is 72.6 Å². The van der Waals surface area contributed by atoms with Gasteiger partial charge in [-0.15, -0.1) is 0 Å². The Kier molecular flexibility index (Phi) is 7.70. The van der Waals surface area contributed by atoms with Crippen LogP contribution in [0.2, 0.25) is 0 Å². The fraction of sp³-hybridized carbons (Fsp3) is 1.00. The highest BCUT2D eigenvalue weighted by molar-refractivity contribution is 4.76. The predicted octanol–water partition coefficient (Wildman–Crippen LogP) is 4.65. The summed E-state index contributed by atoms with van der Waals surface area (Å²) in [7, 11) is 0. The topological polar surface area (TPSA) is 6.48 Å². The zero-order valence-corrected chi connectivity index (χ0v) is 15.7. The summed E-state index contributed by atoms with van der Waals surface area (Å²) in [6, 6.07) is 0.744. The van der Waals surface area contributed by atoms with Gasteiger partial charge < -0.3 is 9.80 Å². The summed E-state index contributed by atoms with van der Waals surface area (Å²) in [6.07, 6.45) is 10.1. The molecular weight excluding hydrogens is 268 g/mol. The molecule has 0 unspecified atom stereocenters. The van der Waals surface area contributed by atoms with E-state index < -0.39 is 0 Å². The lowest BCUT2D eigenvalue weighted by atomic mass is 9.88. The van der Waals surface area contributed by atoms with E-state index in [0.29, 0.717) is 0 Å². The summed E-state index contributed by atoms with van der Waals surface area (Å²) in [5, 5.41) is 0. The van der Waals surface area contributed by atoms with Crippen LogP contribution in [-0.4, -0.2) is 48.6 Å². The molecule has 0 aromatic heterocycles. The summed E-state index contributed by atoms with van der Waals surface area (Å²) < 4.78 is 0. The van der Waals surface area contributed by atoms with E-state index in [1.165, 1.54) is 77.7 Å². The van der Waals surface area contributed by atoms with Gasteiger partial charge in [-0.3, -0.25) is 0 Å². The molecule has 0 aromatic carbocycles. The SMILES string of the molecule is CC(C)CC1CCN(CCCC2CCN(C(C)C)CC2)CC1. The van der Waals surface area contributed by atoms with E-state index in [-0.39, 0.29) is 0 Å². The lowest BCUT2D eigenvalue weighted by molar-refractivity contribution is 0.135. The zero-order valence-electron chi connectivity index (χ0n) is 15.7. The Morgan fingerprint density at radius 3 is 1.95 bits per heavy atom. The summed E-state index contributed by atoms with van der Waals surface area (Å²) in [5.41, 5.74) is 0. The third-order valence-electron chi connectivity index (χ3n) is 5.98. The Morgan fingerprint density at radius 2 is 1.41 bits per heavy atom. The number of piperidine rings is 2. The number of hydrogen-bond donors (Lipinski definition) is 0. The van der Waals surface area contributed by atoms with Gasteiger partial charge in [-0.25, -0.2) is 0 Å². The molecule has 2 aliphatic rings. The summed E-state index contributed by atoms with van der Waals surface area (Å²) >= 11 is 0. The minimum absolute atomic E-state index is 0.744. The first-order valence-corrected chi connectivity index (χ1v) is 10.0. The van der Waals surface area contributed by atoms with Crippen LogP contribution in [0.25, 0.3) is 0 Å². The van der Waals surface area contributed by atoms with Gasteiger partial charge in [0.1, 0.15) is 0 Å². The van der Waals surface area contributed by atoms with Crippen molar-refractivity contribution in [2.45, 2.75) is 78.7 Å².